The zero-order valence-electron chi connectivity index (χ0n) is 14.6. The third-order valence-corrected chi connectivity index (χ3v) is 5.03. The average Bonchev–Trinajstić information content (AvgIpc) is 2.61. The number of benzene rings is 1. The van der Waals surface area contributed by atoms with Gasteiger partial charge in [0, 0.05) is 19.5 Å². The van der Waals surface area contributed by atoms with Gasteiger partial charge in [0.15, 0.2) is 0 Å². The molecule has 1 amide bonds. The van der Waals surface area contributed by atoms with Crippen LogP contribution in [0.1, 0.15) is 44.1 Å². The first-order valence-corrected chi connectivity index (χ1v) is 8.92. The van der Waals surface area contributed by atoms with Gasteiger partial charge in [-0.15, -0.1) is 0 Å². The quantitative estimate of drug-likeness (QED) is 0.868. The highest BCUT2D eigenvalue weighted by molar-refractivity contribution is 5.80. The van der Waals surface area contributed by atoms with Crippen LogP contribution in [0, 0.1) is 6.92 Å². The maximum absolute atomic E-state index is 12.5. The van der Waals surface area contributed by atoms with E-state index in [2.05, 4.69) is 10.3 Å². The number of nitrogens with one attached hydrogen (secondary N) is 1. The molecule has 2 aromatic rings. The molecule has 6 heteroatoms. The van der Waals surface area contributed by atoms with Gasteiger partial charge >= 0.3 is 0 Å². The Kier molecular flexibility index (Phi) is 5.18. The van der Waals surface area contributed by atoms with E-state index >= 15 is 0 Å². The van der Waals surface area contributed by atoms with Crippen LogP contribution in [0.3, 0.4) is 0 Å². The molecule has 0 spiro atoms. The molecule has 1 saturated carbocycles. The van der Waals surface area contributed by atoms with Crippen molar-refractivity contribution in [2.24, 2.45) is 0 Å². The number of fused-ring (bicyclic) bond motifs is 1. The Morgan fingerprint density at radius 3 is 2.84 bits per heavy atom. The molecule has 1 heterocycles. The second-order valence-corrected chi connectivity index (χ2v) is 7.03. The molecule has 0 unspecified atom stereocenters. The molecule has 0 saturated heterocycles. The molecule has 0 aliphatic heterocycles. The Morgan fingerprint density at radius 1 is 1.32 bits per heavy atom. The van der Waals surface area contributed by atoms with E-state index in [1.807, 2.05) is 19.1 Å². The number of nitrogens with zero attached hydrogens (tertiary/aromatic N) is 2. The van der Waals surface area contributed by atoms with Gasteiger partial charge in [0.2, 0.25) is 5.91 Å². The number of aromatic nitrogens is 2. The summed E-state index contributed by atoms with van der Waals surface area (Å²) >= 11 is 0. The lowest BCUT2D eigenvalue weighted by Crippen LogP contribution is -2.44. The molecule has 25 heavy (non-hydrogen) atoms. The Labute approximate surface area is 146 Å². The first-order valence-electron chi connectivity index (χ1n) is 8.92. The largest absolute Gasteiger partial charge is 0.388 e. The minimum absolute atomic E-state index is 0.132. The third-order valence-electron chi connectivity index (χ3n) is 5.03. The highest BCUT2D eigenvalue weighted by atomic mass is 16.3. The van der Waals surface area contributed by atoms with Crippen LogP contribution in [-0.2, 0) is 11.3 Å². The van der Waals surface area contributed by atoms with Gasteiger partial charge in [-0.05, 0) is 31.4 Å². The Morgan fingerprint density at radius 2 is 2.08 bits per heavy atom. The summed E-state index contributed by atoms with van der Waals surface area (Å²) < 4.78 is 1.47. The molecule has 1 aromatic heterocycles. The van der Waals surface area contributed by atoms with Gasteiger partial charge < -0.3 is 10.4 Å². The predicted molar refractivity (Wildman–Crippen MR) is 96.4 cm³/mol. The van der Waals surface area contributed by atoms with Crippen molar-refractivity contribution in [1.29, 1.82) is 0 Å². The summed E-state index contributed by atoms with van der Waals surface area (Å²) in [5.41, 5.74) is 0.757. The standard InChI is InChI=1S/C19H25N3O3/c1-14-6-5-7-15-17(14)21-13-22(18(15)24)11-8-16(23)20-12-19(25)9-3-2-4-10-19/h5-7,13,25H,2-4,8-12H2,1H3,(H,20,23). The Balaban J connectivity index is 1.60. The first kappa shape index (κ1) is 17.6. The van der Waals surface area contributed by atoms with E-state index in [-0.39, 0.29) is 31.0 Å². The number of amides is 1. The highest BCUT2D eigenvalue weighted by Gasteiger charge is 2.29. The molecule has 0 radical (unpaired) electrons. The summed E-state index contributed by atoms with van der Waals surface area (Å²) in [5, 5.41) is 13.8. The van der Waals surface area contributed by atoms with Crippen molar-refractivity contribution in [2.45, 2.75) is 57.6 Å². The number of aryl methyl sites for hydroxylation is 2. The fraction of sp³-hybridized carbons (Fsp3) is 0.526. The van der Waals surface area contributed by atoms with Crippen LogP contribution in [0.4, 0.5) is 0 Å². The van der Waals surface area contributed by atoms with Crippen LogP contribution >= 0.6 is 0 Å². The zero-order valence-corrected chi connectivity index (χ0v) is 14.6. The third kappa shape index (κ3) is 4.07. The van der Waals surface area contributed by atoms with Crippen molar-refractivity contribution in [1.82, 2.24) is 14.9 Å². The number of hydrogen-bond acceptors (Lipinski definition) is 4. The molecule has 1 aliphatic carbocycles. The van der Waals surface area contributed by atoms with Gasteiger partial charge in [0.25, 0.3) is 5.56 Å². The van der Waals surface area contributed by atoms with Gasteiger partial charge in [-0.2, -0.15) is 0 Å². The topological polar surface area (TPSA) is 84.2 Å². The van der Waals surface area contributed by atoms with Crippen molar-refractivity contribution >= 4 is 16.8 Å². The lowest BCUT2D eigenvalue weighted by Gasteiger charge is -2.32. The minimum Gasteiger partial charge on any atom is -0.388 e. The first-order chi connectivity index (χ1) is 12.0. The van der Waals surface area contributed by atoms with E-state index in [0.29, 0.717) is 10.9 Å². The van der Waals surface area contributed by atoms with E-state index in [4.69, 9.17) is 0 Å². The Hall–Kier alpha value is -2.21. The molecule has 0 bridgehead atoms. The maximum Gasteiger partial charge on any atom is 0.261 e. The molecular weight excluding hydrogens is 318 g/mol. The van der Waals surface area contributed by atoms with Crippen LogP contribution < -0.4 is 10.9 Å². The van der Waals surface area contributed by atoms with Crippen LogP contribution in [0.2, 0.25) is 0 Å². The summed E-state index contributed by atoms with van der Waals surface area (Å²) in [6, 6.07) is 5.51. The van der Waals surface area contributed by atoms with E-state index in [1.165, 1.54) is 10.9 Å². The van der Waals surface area contributed by atoms with Crippen LogP contribution in [0.5, 0.6) is 0 Å². The van der Waals surface area contributed by atoms with Crippen molar-refractivity contribution in [3.8, 4) is 0 Å². The fourth-order valence-electron chi connectivity index (χ4n) is 3.46. The molecule has 6 nitrogen and oxygen atoms in total. The Bertz CT molecular complexity index is 822. The number of carbonyl (C=O) groups is 1. The maximum atomic E-state index is 12.5. The number of para-hydroxylation sites is 1. The highest BCUT2D eigenvalue weighted by Crippen LogP contribution is 2.27. The normalized spacial score (nSPS) is 16.7. The number of aliphatic hydroxyl groups is 1. The van der Waals surface area contributed by atoms with Crippen LogP contribution in [-0.4, -0.2) is 32.7 Å². The lowest BCUT2D eigenvalue weighted by molar-refractivity contribution is -0.123. The van der Waals surface area contributed by atoms with Gasteiger partial charge in [-0.1, -0.05) is 31.4 Å². The van der Waals surface area contributed by atoms with Crippen LogP contribution in [0.15, 0.2) is 29.3 Å². The number of carbonyl (C=O) groups excluding carboxylic acids is 1. The molecule has 1 aromatic carbocycles. The fourth-order valence-corrected chi connectivity index (χ4v) is 3.46. The molecule has 0 atom stereocenters. The second kappa shape index (κ2) is 7.35. The summed E-state index contributed by atoms with van der Waals surface area (Å²) in [6.07, 6.45) is 6.32. The summed E-state index contributed by atoms with van der Waals surface area (Å²) in [5.74, 6) is -0.157. The van der Waals surface area contributed by atoms with E-state index < -0.39 is 5.60 Å². The van der Waals surface area contributed by atoms with Gasteiger partial charge in [0.05, 0.1) is 22.8 Å². The second-order valence-electron chi connectivity index (χ2n) is 7.03. The van der Waals surface area contributed by atoms with E-state index in [0.717, 1.165) is 37.7 Å². The summed E-state index contributed by atoms with van der Waals surface area (Å²) in [7, 11) is 0. The van der Waals surface area contributed by atoms with Crippen molar-refractivity contribution in [2.75, 3.05) is 6.54 Å². The smallest absolute Gasteiger partial charge is 0.261 e. The predicted octanol–water partition coefficient (Wildman–Crippen LogP) is 1.91. The monoisotopic (exact) mass is 343 g/mol. The summed E-state index contributed by atoms with van der Waals surface area (Å²) in [4.78, 5) is 28.9. The molecule has 1 fully saturated rings. The summed E-state index contributed by atoms with van der Waals surface area (Å²) in [6.45, 7) is 2.48. The number of rotatable bonds is 5. The minimum atomic E-state index is -0.771. The van der Waals surface area contributed by atoms with Crippen molar-refractivity contribution < 1.29 is 9.90 Å². The molecule has 2 N–H and O–H groups in total. The van der Waals surface area contributed by atoms with Gasteiger partial charge in [-0.25, -0.2) is 4.98 Å². The van der Waals surface area contributed by atoms with E-state index in [1.54, 1.807) is 6.07 Å². The number of hydrogen-bond donors (Lipinski definition) is 2. The van der Waals surface area contributed by atoms with Crippen molar-refractivity contribution in [3.05, 3.63) is 40.4 Å². The van der Waals surface area contributed by atoms with E-state index in [9.17, 15) is 14.7 Å². The average molecular weight is 343 g/mol. The molecule has 1 aliphatic rings. The van der Waals surface area contributed by atoms with Gasteiger partial charge in [0.1, 0.15) is 0 Å². The van der Waals surface area contributed by atoms with Gasteiger partial charge in [-0.3, -0.25) is 14.2 Å². The zero-order chi connectivity index (χ0) is 17.9. The SMILES string of the molecule is Cc1cccc2c(=O)n(CCC(=O)NCC3(O)CCCCC3)cnc12. The van der Waals surface area contributed by atoms with Crippen molar-refractivity contribution in [3.63, 3.8) is 0 Å². The lowest BCUT2D eigenvalue weighted by atomic mass is 9.85. The molecule has 134 valence electrons. The molecular formula is C19H25N3O3. The van der Waals surface area contributed by atoms with Crippen LogP contribution in [0.25, 0.3) is 10.9 Å². The molecule has 3 rings (SSSR count).